The maximum absolute atomic E-state index is 11.9. The van der Waals surface area contributed by atoms with Gasteiger partial charge in [0.2, 0.25) is 0 Å². The van der Waals surface area contributed by atoms with Crippen LogP contribution in [0.4, 0.5) is 18.9 Å². The third kappa shape index (κ3) is 5.27. The molecule has 0 bridgehead atoms. The lowest BCUT2D eigenvalue weighted by Gasteiger charge is -2.11. The molecule has 0 spiro atoms. The van der Waals surface area contributed by atoms with Crippen molar-refractivity contribution >= 4 is 5.69 Å². The second-order valence-electron chi connectivity index (χ2n) is 3.97. The van der Waals surface area contributed by atoms with Gasteiger partial charge in [-0.2, -0.15) is 13.2 Å². The Bertz CT molecular complexity index is 380. The zero-order valence-electron chi connectivity index (χ0n) is 10.2. The van der Waals surface area contributed by atoms with Gasteiger partial charge in [-0.3, -0.25) is 0 Å². The standard InChI is InChI=1S/C12H17F3N2O/c1-18-11-7-10(16)4-3-9(11)8-17-6-2-5-12(13,14)15/h3-4,7,17H,2,5-6,8,16H2,1H3. The fourth-order valence-electron chi connectivity index (χ4n) is 1.54. The van der Waals surface area contributed by atoms with E-state index in [1.54, 1.807) is 18.2 Å². The molecule has 0 aliphatic carbocycles. The van der Waals surface area contributed by atoms with Crippen molar-refractivity contribution in [1.29, 1.82) is 0 Å². The first-order valence-corrected chi connectivity index (χ1v) is 5.62. The molecule has 0 amide bonds. The molecule has 18 heavy (non-hydrogen) atoms. The van der Waals surface area contributed by atoms with Crippen molar-refractivity contribution in [3.05, 3.63) is 23.8 Å². The number of benzene rings is 1. The summed E-state index contributed by atoms with van der Waals surface area (Å²) in [4.78, 5) is 0. The second kappa shape index (κ2) is 6.49. The average molecular weight is 262 g/mol. The molecule has 0 saturated carbocycles. The molecule has 0 fully saturated rings. The third-order valence-electron chi connectivity index (χ3n) is 2.44. The van der Waals surface area contributed by atoms with E-state index in [2.05, 4.69) is 5.32 Å². The highest BCUT2D eigenvalue weighted by molar-refractivity contribution is 5.48. The number of ether oxygens (including phenoxy) is 1. The Morgan fingerprint density at radius 2 is 2.06 bits per heavy atom. The zero-order chi connectivity index (χ0) is 13.6. The molecule has 0 unspecified atom stereocenters. The third-order valence-corrected chi connectivity index (χ3v) is 2.44. The summed E-state index contributed by atoms with van der Waals surface area (Å²) < 4.78 is 40.9. The Kier molecular flexibility index (Phi) is 5.27. The van der Waals surface area contributed by atoms with Crippen LogP contribution in [0.2, 0.25) is 0 Å². The van der Waals surface area contributed by atoms with Gasteiger partial charge in [-0.05, 0) is 19.0 Å². The van der Waals surface area contributed by atoms with Gasteiger partial charge in [0.05, 0.1) is 7.11 Å². The van der Waals surface area contributed by atoms with Gasteiger partial charge in [-0.25, -0.2) is 0 Å². The molecule has 3 N–H and O–H groups in total. The van der Waals surface area contributed by atoms with Crippen LogP contribution in [0.3, 0.4) is 0 Å². The van der Waals surface area contributed by atoms with Gasteiger partial charge in [0, 0.05) is 30.3 Å². The topological polar surface area (TPSA) is 47.3 Å². The molecule has 0 atom stereocenters. The van der Waals surface area contributed by atoms with Crippen molar-refractivity contribution in [3.8, 4) is 5.75 Å². The summed E-state index contributed by atoms with van der Waals surface area (Å²) in [6.45, 7) is 0.772. The summed E-state index contributed by atoms with van der Waals surface area (Å²) in [5.41, 5.74) is 7.07. The number of anilines is 1. The summed E-state index contributed by atoms with van der Waals surface area (Å²) in [6, 6.07) is 5.22. The minimum Gasteiger partial charge on any atom is -0.496 e. The number of methoxy groups -OCH3 is 1. The Morgan fingerprint density at radius 1 is 1.33 bits per heavy atom. The predicted octanol–water partition coefficient (Wildman–Crippen LogP) is 2.71. The van der Waals surface area contributed by atoms with Gasteiger partial charge in [0.25, 0.3) is 0 Å². The van der Waals surface area contributed by atoms with Crippen LogP contribution in [0.1, 0.15) is 18.4 Å². The molecular formula is C12H17F3N2O. The van der Waals surface area contributed by atoms with E-state index in [1.807, 2.05) is 0 Å². The van der Waals surface area contributed by atoms with Crippen LogP contribution in [0.15, 0.2) is 18.2 Å². The molecule has 0 saturated heterocycles. The predicted molar refractivity (Wildman–Crippen MR) is 64.4 cm³/mol. The van der Waals surface area contributed by atoms with Crippen LogP contribution in [-0.4, -0.2) is 19.8 Å². The molecule has 102 valence electrons. The zero-order valence-corrected chi connectivity index (χ0v) is 10.2. The fraction of sp³-hybridized carbons (Fsp3) is 0.500. The fourth-order valence-corrected chi connectivity index (χ4v) is 1.54. The summed E-state index contributed by atoms with van der Waals surface area (Å²) in [6.07, 6.45) is -4.78. The van der Waals surface area contributed by atoms with Crippen LogP contribution < -0.4 is 15.8 Å². The van der Waals surface area contributed by atoms with Crippen molar-refractivity contribution in [1.82, 2.24) is 5.32 Å². The minimum atomic E-state index is -4.08. The number of nitrogen functional groups attached to an aromatic ring is 1. The smallest absolute Gasteiger partial charge is 0.389 e. The molecule has 0 radical (unpaired) electrons. The number of nitrogens with two attached hydrogens (primary N) is 1. The van der Waals surface area contributed by atoms with Gasteiger partial charge in [0.1, 0.15) is 5.75 Å². The largest absolute Gasteiger partial charge is 0.496 e. The van der Waals surface area contributed by atoms with Crippen molar-refractivity contribution in [2.75, 3.05) is 19.4 Å². The number of hydrogen-bond donors (Lipinski definition) is 2. The molecular weight excluding hydrogens is 245 g/mol. The van der Waals surface area contributed by atoms with Crippen molar-refractivity contribution in [2.24, 2.45) is 0 Å². The quantitative estimate of drug-likeness (QED) is 0.612. The van der Waals surface area contributed by atoms with Crippen molar-refractivity contribution in [2.45, 2.75) is 25.6 Å². The maximum Gasteiger partial charge on any atom is 0.389 e. The number of nitrogens with one attached hydrogen (secondary N) is 1. The molecule has 0 heterocycles. The lowest BCUT2D eigenvalue weighted by Crippen LogP contribution is -2.18. The number of alkyl halides is 3. The van der Waals surface area contributed by atoms with E-state index >= 15 is 0 Å². The van der Waals surface area contributed by atoms with Crippen LogP contribution in [-0.2, 0) is 6.54 Å². The number of rotatable bonds is 6. The lowest BCUT2D eigenvalue weighted by molar-refractivity contribution is -0.135. The first kappa shape index (κ1) is 14.6. The van der Waals surface area contributed by atoms with Gasteiger partial charge in [0.15, 0.2) is 0 Å². The van der Waals surface area contributed by atoms with E-state index in [-0.39, 0.29) is 6.42 Å². The molecule has 0 aliphatic rings. The van der Waals surface area contributed by atoms with E-state index in [9.17, 15) is 13.2 Å². The van der Waals surface area contributed by atoms with Gasteiger partial charge in [-0.15, -0.1) is 0 Å². The minimum absolute atomic E-state index is 0.0702. The maximum atomic E-state index is 11.9. The first-order valence-electron chi connectivity index (χ1n) is 5.62. The molecule has 1 aromatic carbocycles. The first-order chi connectivity index (χ1) is 8.42. The summed E-state index contributed by atoms with van der Waals surface area (Å²) in [5.74, 6) is 0.637. The van der Waals surface area contributed by atoms with Gasteiger partial charge >= 0.3 is 6.18 Å². The average Bonchev–Trinajstić information content (AvgIpc) is 2.28. The molecule has 1 rings (SSSR count). The highest BCUT2D eigenvalue weighted by Gasteiger charge is 2.25. The van der Waals surface area contributed by atoms with Gasteiger partial charge in [-0.1, -0.05) is 6.07 Å². The number of hydrogen-bond acceptors (Lipinski definition) is 3. The molecule has 0 aromatic heterocycles. The highest BCUT2D eigenvalue weighted by atomic mass is 19.4. The van der Waals surface area contributed by atoms with E-state index in [1.165, 1.54) is 7.11 Å². The summed E-state index contributed by atoms with van der Waals surface area (Å²) >= 11 is 0. The van der Waals surface area contributed by atoms with Crippen molar-refractivity contribution in [3.63, 3.8) is 0 Å². The molecule has 6 heteroatoms. The Labute approximate surface area is 104 Å². The normalized spacial score (nSPS) is 11.6. The Morgan fingerprint density at radius 3 is 2.67 bits per heavy atom. The van der Waals surface area contributed by atoms with Crippen LogP contribution in [0.25, 0.3) is 0 Å². The lowest BCUT2D eigenvalue weighted by atomic mass is 10.1. The molecule has 0 aliphatic heterocycles. The summed E-state index contributed by atoms with van der Waals surface area (Å²) in [7, 11) is 1.53. The van der Waals surface area contributed by atoms with E-state index in [4.69, 9.17) is 10.5 Å². The van der Waals surface area contributed by atoms with E-state index < -0.39 is 12.6 Å². The summed E-state index contributed by atoms with van der Waals surface area (Å²) in [5, 5.41) is 2.95. The molecule has 1 aromatic rings. The van der Waals surface area contributed by atoms with Crippen LogP contribution >= 0.6 is 0 Å². The highest BCUT2D eigenvalue weighted by Crippen LogP contribution is 2.22. The van der Waals surface area contributed by atoms with E-state index in [0.717, 1.165) is 5.56 Å². The second-order valence-corrected chi connectivity index (χ2v) is 3.97. The SMILES string of the molecule is COc1cc(N)ccc1CNCCCC(F)(F)F. The van der Waals surface area contributed by atoms with E-state index in [0.29, 0.717) is 24.5 Å². The Hall–Kier alpha value is -1.43. The molecule has 3 nitrogen and oxygen atoms in total. The van der Waals surface area contributed by atoms with Crippen LogP contribution in [0, 0.1) is 0 Å². The number of halogens is 3. The van der Waals surface area contributed by atoms with Gasteiger partial charge < -0.3 is 15.8 Å². The monoisotopic (exact) mass is 262 g/mol. The van der Waals surface area contributed by atoms with Crippen LogP contribution in [0.5, 0.6) is 5.75 Å². The van der Waals surface area contributed by atoms with Crippen molar-refractivity contribution < 1.29 is 17.9 Å². The Balaban J connectivity index is 2.35.